The van der Waals surface area contributed by atoms with Crippen molar-refractivity contribution >= 4 is 35.8 Å². The highest BCUT2D eigenvalue weighted by molar-refractivity contribution is 14.0. The molecule has 0 aliphatic heterocycles. The van der Waals surface area contributed by atoms with E-state index >= 15 is 0 Å². The molecule has 3 N–H and O–H groups in total. The van der Waals surface area contributed by atoms with Gasteiger partial charge in [-0.2, -0.15) is 0 Å². The van der Waals surface area contributed by atoms with Crippen LogP contribution in [0.2, 0.25) is 0 Å². The SMILES string of the molecule is CCNC(=NCCC(=O)NC(C)CC)NC(C)C.I. The van der Waals surface area contributed by atoms with Gasteiger partial charge in [-0.1, -0.05) is 6.92 Å². The summed E-state index contributed by atoms with van der Waals surface area (Å²) in [5.41, 5.74) is 0. The van der Waals surface area contributed by atoms with Crippen LogP contribution in [-0.4, -0.2) is 37.0 Å². The second kappa shape index (κ2) is 12.5. The van der Waals surface area contributed by atoms with Crippen molar-refractivity contribution in [1.29, 1.82) is 0 Å². The average Bonchev–Trinajstić information content (AvgIpc) is 2.28. The van der Waals surface area contributed by atoms with E-state index < -0.39 is 0 Å². The minimum absolute atomic E-state index is 0. The number of nitrogens with zero attached hydrogens (tertiary/aromatic N) is 1. The van der Waals surface area contributed by atoms with Crippen LogP contribution in [0.3, 0.4) is 0 Å². The highest BCUT2D eigenvalue weighted by Crippen LogP contribution is 1.90. The van der Waals surface area contributed by atoms with Crippen molar-refractivity contribution in [2.45, 2.75) is 59.5 Å². The molecule has 0 saturated heterocycles. The first-order chi connectivity index (χ1) is 8.49. The van der Waals surface area contributed by atoms with Crippen molar-refractivity contribution in [2.75, 3.05) is 13.1 Å². The van der Waals surface area contributed by atoms with Crippen molar-refractivity contribution in [3.05, 3.63) is 0 Å². The van der Waals surface area contributed by atoms with Gasteiger partial charge in [0.15, 0.2) is 5.96 Å². The third-order valence-electron chi connectivity index (χ3n) is 2.40. The average molecular weight is 384 g/mol. The summed E-state index contributed by atoms with van der Waals surface area (Å²) in [6.45, 7) is 11.5. The van der Waals surface area contributed by atoms with Gasteiger partial charge in [-0.25, -0.2) is 0 Å². The Labute approximate surface area is 134 Å². The van der Waals surface area contributed by atoms with Crippen molar-refractivity contribution in [2.24, 2.45) is 4.99 Å². The molecule has 0 radical (unpaired) electrons. The molecule has 0 saturated carbocycles. The fraction of sp³-hybridized carbons (Fsp3) is 0.846. The number of guanidine groups is 1. The molecule has 19 heavy (non-hydrogen) atoms. The molecule has 1 atom stereocenters. The molecule has 0 fully saturated rings. The topological polar surface area (TPSA) is 65.5 Å². The fourth-order valence-corrected chi connectivity index (χ4v) is 1.31. The van der Waals surface area contributed by atoms with E-state index in [0.717, 1.165) is 18.9 Å². The quantitative estimate of drug-likeness (QED) is 0.357. The van der Waals surface area contributed by atoms with Crippen molar-refractivity contribution in [1.82, 2.24) is 16.0 Å². The second-order valence-electron chi connectivity index (χ2n) is 4.69. The first-order valence-corrected chi connectivity index (χ1v) is 6.83. The lowest BCUT2D eigenvalue weighted by Crippen LogP contribution is -2.41. The van der Waals surface area contributed by atoms with E-state index in [-0.39, 0.29) is 35.9 Å². The number of nitrogens with one attached hydrogen (secondary N) is 3. The zero-order valence-electron chi connectivity index (χ0n) is 12.7. The van der Waals surface area contributed by atoms with Crippen LogP contribution in [0.25, 0.3) is 0 Å². The molecule has 0 aromatic carbocycles. The predicted octanol–water partition coefficient (Wildman–Crippen LogP) is 1.87. The van der Waals surface area contributed by atoms with Crippen LogP contribution in [0.4, 0.5) is 0 Å². The van der Waals surface area contributed by atoms with Gasteiger partial charge in [0.25, 0.3) is 0 Å². The smallest absolute Gasteiger partial charge is 0.222 e. The van der Waals surface area contributed by atoms with Crippen molar-refractivity contribution in [3.63, 3.8) is 0 Å². The highest BCUT2D eigenvalue weighted by Gasteiger charge is 2.05. The van der Waals surface area contributed by atoms with Gasteiger partial charge in [0.2, 0.25) is 5.91 Å². The molecule has 114 valence electrons. The fourth-order valence-electron chi connectivity index (χ4n) is 1.31. The zero-order chi connectivity index (χ0) is 14.0. The Hall–Kier alpha value is -0.530. The lowest BCUT2D eigenvalue weighted by atomic mass is 10.2. The Kier molecular flexibility index (Phi) is 13.7. The van der Waals surface area contributed by atoms with Crippen molar-refractivity contribution < 1.29 is 4.79 Å². The number of halogens is 1. The highest BCUT2D eigenvalue weighted by atomic mass is 127. The molecule has 0 aromatic heterocycles. The second-order valence-corrected chi connectivity index (χ2v) is 4.69. The van der Waals surface area contributed by atoms with Crippen LogP contribution in [0.15, 0.2) is 4.99 Å². The van der Waals surface area contributed by atoms with Crippen LogP contribution in [0.1, 0.15) is 47.5 Å². The van der Waals surface area contributed by atoms with Crippen LogP contribution in [0, 0.1) is 0 Å². The summed E-state index contributed by atoms with van der Waals surface area (Å²) in [4.78, 5) is 15.9. The summed E-state index contributed by atoms with van der Waals surface area (Å²) in [5.74, 6) is 0.831. The standard InChI is InChI=1S/C13H28N4O.HI/c1-6-11(5)17-12(18)8-9-15-13(14-7-2)16-10(3)4;/h10-11H,6-9H2,1-5H3,(H,17,18)(H2,14,15,16);1H. The van der Waals surface area contributed by atoms with Gasteiger partial charge in [0.05, 0.1) is 6.54 Å². The van der Waals surface area contributed by atoms with Gasteiger partial charge in [0.1, 0.15) is 0 Å². The first kappa shape index (κ1) is 20.8. The number of amides is 1. The lowest BCUT2D eigenvalue weighted by molar-refractivity contribution is -0.121. The molecule has 1 unspecified atom stereocenters. The number of aliphatic imine (C=N–C) groups is 1. The molecule has 6 heteroatoms. The first-order valence-electron chi connectivity index (χ1n) is 6.83. The van der Waals surface area contributed by atoms with Crippen LogP contribution in [0.5, 0.6) is 0 Å². The van der Waals surface area contributed by atoms with E-state index in [9.17, 15) is 4.79 Å². The molecule has 5 nitrogen and oxygen atoms in total. The van der Waals surface area contributed by atoms with Gasteiger partial charge >= 0.3 is 0 Å². The number of hydrogen-bond acceptors (Lipinski definition) is 2. The molecule has 0 spiro atoms. The van der Waals surface area contributed by atoms with Gasteiger partial charge in [-0.15, -0.1) is 24.0 Å². The third kappa shape index (κ3) is 12.3. The largest absolute Gasteiger partial charge is 0.357 e. The normalized spacial score (nSPS) is 12.6. The Morgan fingerprint density at radius 1 is 1.16 bits per heavy atom. The van der Waals surface area contributed by atoms with Crippen LogP contribution in [-0.2, 0) is 4.79 Å². The molecular weight excluding hydrogens is 355 g/mol. The third-order valence-corrected chi connectivity index (χ3v) is 2.40. The van der Waals surface area contributed by atoms with E-state index in [1.54, 1.807) is 0 Å². The molecular formula is C13H29IN4O. The summed E-state index contributed by atoms with van der Waals surface area (Å²) < 4.78 is 0. The van der Waals surface area contributed by atoms with Crippen LogP contribution < -0.4 is 16.0 Å². The monoisotopic (exact) mass is 384 g/mol. The van der Waals surface area contributed by atoms with E-state index in [1.165, 1.54) is 0 Å². The maximum Gasteiger partial charge on any atom is 0.222 e. The van der Waals surface area contributed by atoms with Gasteiger partial charge in [-0.05, 0) is 34.1 Å². The summed E-state index contributed by atoms with van der Waals surface area (Å²) in [7, 11) is 0. The predicted molar refractivity (Wildman–Crippen MR) is 92.2 cm³/mol. The van der Waals surface area contributed by atoms with Gasteiger partial charge in [-0.3, -0.25) is 9.79 Å². The Bertz CT molecular complexity index is 269. The van der Waals surface area contributed by atoms with Gasteiger partial charge < -0.3 is 16.0 Å². The minimum Gasteiger partial charge on any atom is -0.357 e. The minimum atomic E-state index is 0. The zero-order valence-corrected chi connectivity index (χ0v) is 15.1. The molecule has 0 heterocycles. The Balaban J connectivity index is 0. The number of hydrogen-bond donors (Lipinski definition) is 3. The van der Waals surface area contributed by atoms with E-state index in [1.807, 2.05) is 13.8 Å². The van der Waals surface area contributed by atoms with E-state index in [2.05, 4.69) is 41.7 Å². The molecule has 0 aromatic rings. The summed E-state index contributed by atoms with van der Waals surface area (Å²) in [6, 6.07) is 0.570. The number of carbonyl (C=O) groups excluding carboxylic acids is 1. The summed E-state index contributed by atoms with van der Waals surface area (Å²) in [6.07, 6.45) is 1.38. The van der Waals surface area contributed by atoms with E-state index in [0.29, 0.717) is 19.0 Å². The Morgan fingerprint density at radius 3 is 2.26 bits per heavy atom. The Morgan fingerprint density at radius 2 is 1.79 bits per heavy atom. The molecule has 1 amide bonds. The van der Waals surface area contributed by atoms with Crippen molar-refractivity contribution in [3.8, 4) is 0 Å². The maximum atomic E-state index is 11.6. The van der Waals surface area contributed by atoms with E-state index in [4.69, 9.17) is 0 Å². The summed E-state index contributed by atoms with van der Waals surface area (Å²) in [5, 5.41) is 9.29. The summed E-state index contributed by atoms with van der Waals surface area (Å²) >= 11 is 0. The molecule has 0 rings (SSSR count). The molecule has 0 bridgehead atoms. The maximum absolute atomic E-state index is 11.6. The molecule has 0 aliphatic rings. The van der Waals surface area contributed by atoms with Gasteiger partial charge in [0, 0.05) is 25.0 Å². The van der Waals surface area contributed by atoms with Crippen LogP contribution >= 0.6 is 24.0 Å². The lowest BCUT2D eigenvalue weighted by Gasteiger charge is -2.14. The number of rotatable bonds is 7. The number of carbonyl (C=O) groups is 1. The molecule has 0 aliphatic carbocycles.